The molecule has 1 aliphatic heterocycles. The van der Waals surface area contributed by atoms with Gasteiger partial charge in [0.1, 0.15) is 18.2 Å². The van der Waals surface area contributed by atoms with Crippen LogP contribution in [-0.2, 0) is 11.3 Å². The highest BCUT2D eigenvalue weighted by Crippen LogP contribution is 2.22. The predicted molar refractivity (Wildman–Crippen MR) is 103 cm³/mol. The van der Waals surface area contributed by atoms with E-state index in [1.165, 1.54) is 6.07 Å². The first-order chi connectivity index (χ1) is 13.2. The summed E-state index contributed by atoms with van der Waals surface area (Å²) < 4.78 is 25.3. The molecule has 1 heterocycles. The van der Waals surface area contributed by atoms with Crippen LogP contribution in [0.4, 0.5) is 10.1 Å². The Hall–Kier alpha value is -2.86. The van der Waals surface area contributed by atoms with Crippen LogP contribution in [-0.4, -0.2) is 38.8 Å². The zero-order valence-electron chi connectivity index (χ0n) is 15.1. The van der Waals surface area contributed by atoms with E-state index in [9.17, 15) is 9.18 Å². The Balaban J connectivity index is 1.65. The van der Waals surface area contributed by atoms with Gasteiger partial charge in [0.15, 0.2) is 0 Å². The van der Waals surface area contributed by atoms with Crippen LogP contribution in [0.3, 0.4) is 0 Å². The average Bonchev–Trinajstić information content (AvgIpc) is 2.71. The van der Waals surface area contributed by atoms with Crippen molar-refractivity contribution in [1.29, 1.82) is 0 Å². The Morgan fingerprint density at radius 2 is 2.04 bits per heavy atom. The number of hydrogen-bond acceptors (Lipinski definition) is 4. The third-order valence-corrected chi connectivity index (χ3v) is 4.33. The monoisotopic (exact) mass is 370 g/mol. The number of morpholine rings is 1. The van der Waals surface area contributed by atoms with E-state index >= 15 is 0 Å². The molecule has 27 heavy (non-hydrogen) atoms. The van der Waals surface area contributed by atoms with Gasteiger partial charge < -0.3 is 19.7 Å². The first kappa shape index (κ1) is 18.9. The lowest BCUT2D eigenvalue weighted by molar-refractivity contribution is 0.0950. The number of rotatable bonds is 7. The van der Waals surface area contributed by atoms with Crippen LogP contribution in [0, 0.1) is 5.82 Å². The summed E-state index contributed by atoms with van der Waals surface area (Å²) in [4.78, 5) is 14.3. The molecule has 2 aromatic carbocycles. The lowest BCUT2D eigenvalue weighted by atomic mass is 10.1. The Labute approximate surface area is 158 Å². The number of para-hydroxylation sites is 1. The first-order valence-electron chi connectivity index (χ1n) is 8.91. The second-order valence-electron chi connectivity index (χ2n) is 6.16. The highest BCUT2D eigenvalue weighted by atomic mass is 19.1. The number of ether oxygens (including phenoxy) is 2. The number of carbonyl (C=O) groups is 1. The number of benzene rings is 2. The molecule has 0 spiro atoms. The quantitative estimate of drug-likeness (QED) is 0.761. The fraction of sp³-hybridized carbons (Fsp3) is 0.286. The smallest absolute Gasteiger partial charge is 0.251 e. The number of halogens is 1. The van der Waals surface area contributed by atoms with Crippen molar-refractivity contribution in [3.05, 3.63) is 72.1 Å². The summed E-state index contributed by atoms with van der Waals surface area (Å²) in [5, 5.41) is 2.81. The van der Waals surface area contributed by atoms with Crippen molar-refractivity contribution in [1.82, 2.24) is 5.32 Å². The fourth-order valence-electron chi connectivity index (χ4n) is 2.93. The molecule has 5 nitrogen and oxygen atoms in total. The number of hydrogen-bond donors (Lipinski definition) is 1. The van der Waals surface area contributed by atoms with E-state index in [0.29, 0.717) is 50.9 Å². The molecule has 1 fully saturated rings. The van der Waals surface area contributed by atoms with Crippen molar-refractivity contribution < 1.29 is 18.7 Å². The van der Waals surface area contributed by atoms with Gasteiger partial charge in [-0.3, -0.25) is 4.79 Å². The van der Waals surface area contributed by atoms with Crippen LogP contribution in [0.15, 0.2) is 55.1 Å². The lowest BCUT2D eigenvalue weighted by Crippen LogP contribution is -2.36. The molecule has 0 radical (unpaired) electrons. The van der Waals surface area contributed by atoms with Crippen molar-refractivity contribution in [3.8, 4) is 5.75 Å². The molecule has 1 aliphatic rings. The van der Waals surface area contributed by atoms with Gasteiger partial charge in [0.25, 0.3) is 5.91 Å². The molecule has 6 heteroatoms. The largest absolute Gasteiger partial charge is 0.489 e. The first-order valence-corrected chi connectivity index (χ1v) is 8.91. The minimum absolute atomic E-state index is 0.286. The molecule has 0 aromatic heterocycles. The minimum Gasteiger partial charge on any atom is -0.489 e. The average molecular weight is 370 g/mol. The van der Waals surface area contributed by atoms with E-state index in [4.69, 9.17) is 9.47 Å². The van der Waals surface area contributed by atoms with Gasteiger partial charge >= 0.3 is 0 Å². The Kier molecular flexibility index (Phi) is 6.44. The maximum atomic E-state index is 14.5. The van der Waals surface area contributed by atoms with Crippen LogP contribution in [0.2, 0.25) is 0 Å². The fourth-order valence-corrected chi connectivity index (χ4v) is 2.93. The second kappa shape index (κ2) is 9.19. The van der Waals surface area contributed by atoms with E-state index < -0.39 is 5.82 Å². The minimum atomic E-state index is -0.403. The number of amides is 1. The standard InChI is InChI=1S/C21H23FN2O3/c1-2-11-27-20-6-4-3-5-17(20)15-23-21(25)16-7-8-19(18(22)14-16)24-9-12-26-13-10-24/h2-8,14H,1,9-13,15H2,(H,23,25). The van der Waals surface area contributed by atoms with Gasteiger partial charge in [0.2, 0.25) is 0 Å². The highest BCUT2D eigenvalue weighted by molar-refractivity contribution is 5.94. The third kappa shape index (κ3) is 4.86. The van der Waals surface area contributed by atoms with Crippen LogP contribution in [0.25, 0.3) is 0 Å². The van der Waals surface area contributed by atoms with Crippen LogP contribution >= 0.6 is 0 Å². The number of anilines is 1. The van der Waals surface area contributed by atoms with E-state index in [1.807, 2.05) is 29.2 Å². The highest BCUT2D eigenvalue weighted by Gasteiger charge is 2.17. The van der Waals surface area contributed by atoms with Crippen LogP contribution in [0.1, 0.15) is 15.9 Å². The molecule has 0 unspecified atom stereocenters. The zero-order valence-corrected chi connectivity index (χ0v) is 15.1. The molecule has 3 rings (SSSR count). The van der Waals surface area contributed by atoms with Crippen molar-refractivity contribution >= 4 is 11.6 Å². The van der Waals surface area contributed by atoms with Crippen LogP contribution < -0.4 is 15.0 Å². The van der Waals surface area contributed by atoms with Gasteiger partial charge in [0.05, 0.1) is 18.9 Å². The third-order valence-electron chi connectivity index (χ3n) is 4.33. The van der Waals surface area contributed by atoms with Gasteiger partial charge in [-0.2, -0.15) is 0 Å². The Bertz CT molecular complexity index is 804. The van der Waals surface area contributed by atoms with Gasteiger partial charge in [-0.15, -0.1) is 0 Å². The molecule has 0 atom stereocenters. The molecule has 1 N–H and O–H groups in total. The van der Waals surface area contributed by atoms with Gasteiger partial charge in [-0.1, -0.05) is 30.9 Å². The van der Waals surface area contributed by atoms with Gasteiger partial charge in [-0.25, -0.2) is 4.39 Å². The number of carbonyl (C=O) groups excluding carboxylic acids is 1. The summed E-state index contributed by atoms with van der Waals surface area (Å²) in [6.45, 7) is 6.75. The molecule has 142 valence electrons. The molecule has 0 saturated carbocycles. The van der Waals surface area contributed by atoms with Crippen LogP contribution in [0.5, 0.6) is 5.75 Å². The van der Waals surface area contributed by atoms with Crippen molar-refractivity contribution in [2.45, 2.75) is 6.54 Å². The summed E-state index contributed by atoms with van der Waals surface area (Å²) in [6, 6.07) is 12.0. The molecule has 0 bridgehead atoms. The van der Waals surface area contributed by atoms with Crippen molar-refractivity contribution in [2.75, 3.05) is 37.8 Å². The second-order valence-corrected chi connectivity index (χ2v) is 6.16. The zero-order chi connectivity index (χ0) is 19.1. The van der Waals surface area contributed by atoms with Crippen molar-refractivity contribution in [3.63, 3.8) is 0 Å². The maximum Gasteiger partial charge on any atom is 0.251 e. The summed E-state index contributed by atoms with van der Waals surface area (Å²) in [5.74, 6) is -0.0493. The Morgan fingerprint density at radius 3 is 2.78 bits per heavy atom. The summed E-state index contributed by atoms with van der Waals surface area (Å²) in [6.07, 6.45) is 1.66. The van der Waals surface area contributed by atoms with E-state index in [0.717, 1.165) is 5.56 Å². The predicted octanol–water partition coefficient (Wildman–Crippen LogP) is 3.16. The van der Waals surface area contributed by atoms with E-state index in [2.05, 4.69) is 11.9 Å². The van der Waals surface area contributed by atoms with E-state index in [-0.39, 0.29) is 11.5 Å². The van der Waals surface area contributed by atoms with Crippen molar-refractivity contribution in [2.24, 2.45) is 0 Å². The number of nitrogens with one attached hydrogen (secondary N) is 1. The van der Waals surface area contributed by atoms with E-state index in [1.54, 1.807) is 18.2 Å². The molecule has 1 saturated heterocycles. The Morgan fingerprint density at radius 1 is 1.26 bits per heavy atom. The molecular weight excluding hydrogens is 347 g/mol. The topological polar surface area (TPSA) is 50.8 Å². The number of nitrogens with zero attached hydrogens (tertiary/aromatic N) is 1. The molecule has 0 aliphatic carbocycles. The maximum absolute atomic E-state index is 14.5. The molecule has 2 aromatic rings. The summed E-state index contributed by atoms with van der Waals surface area (Å²) >= 11 is 0. The van der Waals surface area contributed by atoms with Gasteiger partial charge in [0, 0.05) is 30.8 Å². The van der Waals surface area contributed by atoms with Gasteiger partial charge in [-0.05, 0) is 24.3 Å². The normalized spacial score (nSPS) is 13.9. The lowest BCUT2D eigenvalue weighted by Gasteiger charge is -2.29. The summed E-state index contributed by atoms with van der Waals surface area (Å²) in [5.41, 5.74) is 1.63. The summed E-state index contributed by atoms with van der Waals surface area (Å²) in [7, 11) is 0. The molecule has 1 amide bonds. The SMILES string of the molecule is C=CCOc1ccccc1CNC(=O)c1ccc(N2CCOCC2)c(F)c1. The molecular formula is C21H23FN2O3.